The van der Waals surface area contributed by atoms with Crippen molar-refractivity contribution >= 4 is 45.4 Å². The van der Waals surface area contributed by atoms with Crippen LogP contribution in [-0.2, 0) is 11.3 Å². The summed E-state index contributed by atoms with van der Waals surface area (Å²) in [6.45, 7) is 3.83. The molecule has 4 aromatic rings. The predicted molar refractivity (Wildman–Crippen MR) is 137 cm³/mol. The number of thioether (sulfide) groups is 1. The summed E-state index contributed by atoms with van der Waals surface area (Å²) in [5, 5.41) is 13.2. The van der Waals surface area contributed by atoms with E-state index in [-0.39, 0.29) is 12.2 Å². The molecule has 0 bridgehead atoms. The van der Waals surface area contributed by atoms with Crippen molar-refractivity contribution < 1.29 is 14.5 Å². The van der Waals surface area contributed by atoms with E-state index in [0.29, 0.717) is 10.5 Å². The summed E-state index contributed by atoms with van der Waals surface area (Å²) in [5.41, 5.74) is 4.01. The number of fused-ring (bicyclic) bond motifs is 1. The van der Waals surface area contributed by atoms with E-state index in [1.54, 1.807) is 24.3 Å². The van der Waals surface area contributed by atoms with Gasteiger partial charge in [-0.25, -0.2) is 0 Å². The van der Waals surface area contributed by atoms with Crippen LogP contribution in [-0.4, -0.2) is 25.5 Å². The number of carbonyl (C=O) groups excluding carboxylic acids is 2. The van der Waals surface area contributed by atoms with Crippen LogP contribution in [0.4, 0.5) is 10.5 Å². The molecule has 0 aliphatic carbocycles. The molecule has 1 fully saturated rings. The molecule has 5 rings (SSSR count). The molecular weight excluding hydrogens is 462 g/mol. The normalized spacial score (nSPS) is 14.9. The molecule has 35 heavy (non-hydrogen) atoms. The number of nitrogens with zero attached hydrogens (tertiary/aromatic N) is 3. The van der Waals surface area contributed by atoms with Gasteiger partial charge in [-0.05, 0) is 66.2 Å². The first-order chi connectivity index (χ1) is 16.8. The predicted octanol–water partition coefficient (Wildman–Crippen LogP) is 6.39. The molecule has 174 valence electrons. The SMILES string of the molecule is Cc1cc(/C=C2\SC(=O)N(Cc3ccccc3[N+](=O)[O-])C2=O)c(C)n1-c1ccc2ccccc2c1. The van der Waals surface area contributed by atoms with Crippen molar-refractivity contribution in [3.05, 3.63) is 110 Å². The van der Waals surface area contributed by atoms with Gasteiger partial charge in [-0.2, -0.15) is 0 Å². The van der Waals surface area contributed by atoms with E-state index < -0.39 is 16.1 Å². The highest BCUT2D eigenvalue weighted by molar-refractivity contribution is 8.18. The van der Waals surface area contributed by atoms with Gasteiger partial charge < -0.3 is 4.57 Å². The summed E-state index contributed by atoms with van der Waals surface area (Å²) in [4.78, 5) is 37.9. The Kier molecular flexibility index (Phi) is 5.74. The Morgan fingerprint density at radius 2 is 1.66 bits per heavy atom. The number of carbonyl (C=O) groups is 2. The van der Waals surface area contributed by atoms with Crippen molar-refractivity contribution in [3.63, 3.8) is 0 Å². The second-order valence-corrected chi connectivity index (χ2v) is 9.34. The number of rotatable bonds is 5. The average Bonchev–Trinajstić information content (AvgIpc) is 3.27. The number of benzene rings is 3. The fourth-order valence-corrected chi connectivity index (χ4v) is 5.25. The minimum absolute atomic E-state index is 0.116. The third-order valence-electron chi connectivity index (χ3n) is 6.14. The zero-order valence-electron chi connectivity index (χ0n) is 19.1. The summed E-state index contributed by atoms with van der Waals surface area (Å²) in [5.74, 6) is -0.450. The van der Waals surface area contributed by atoms with Crippen LogP contribution in [0.25, 0.3) is 22.5 Å². The lowest BCUT2D eigenvalue weighted by atomic mass is 10.1. The quantitative estimate of drug-likeness (QED) is 0.186. The minimum Gasteiger partial charge on any atom is -0.318 e. The highest BCUT2D eigenvalue weighted by Gasteiger charge is 2.36. The highest BCUT2D eigenvalue weighted by Crippen LogP contribution is 2.35. The summed E-state index contributed by atoms with van der Waals surface area (Å²) < 4.78 is 2.12. The number of imide groups is 1. The number of aryl methyl sites for hydroxylation is 1. The van der Waals surface area contributed by atoms with Crippen LogP contribution in [0.1, 0.15) is 22.5 Å². The van der Waals surface area contributed by atoms with Crippen molar-refractivity contribution in [3.8, 4) is 5.69 Å². The molecular formula is C27H21N3O4S. The molecule has 0 spiro atoms. The summed E-state index contributed by atoms with van der Waals surface area (Å²) >= 11 is 0.851. The van der Waals surface area contributed by atoms with E-state index >= 15 is 0 Å². The number of amides is 2. The van der Waals surface area contributed by atoms with Gasteiger partial charge in [0, 0.05) is 28.7 Å². The highest BCUT2D eigenvalue weighted by atomic mass is 32.2. The lowest BCUT2D eigenvalue weighted by molar-refractivity contribution is -0.385. The Hall–Kier alpha value is -4.17. The molecule has 3 aromatic carbocycles. The van der Waals surface area contributed by atoms with Gasteiger partial charge in [0.2, 0.25) is 0 Å². The first kappa shape index (κ1) is 22.6. The van der Waals surface area contributed by atoms with Gasteiger partial charge in [-0.3, -0.25) is 24.6 Å². The van der Waals surface area contributed by atoms with E-state index in [2.05, 4.69) is 34.9 Å². The molecule has 2 amide bonds. The topological polar surface area (TPSA) is 85.5 Å². The van der Waals surface area contributed by atoms with Crippen molar-refractivity contribution in [1.82, 2.24) is 9.47 Å². The Morgan fingerprint density at radius 1 is 0.943 bits per heavy atom. The third-order valence-corrected chi connectivity index (χ3v) is 7.05. The molecule has 2 heterocycles. The van der Waals surface area contributed by atoms with Gasteiger partial charge >= 0.3 is 0 Å². The number of hydrogen-bond donors (Lipinski definition) is 0. The minimum atomic E-state index is -0.508. The van der Waals surface area contributed by atoms with E-state index in [1.165, 1.54) is 6.07 Å². The lowest BCUT2D eigenvalue weighted by Gasteiger charge is -2.12. The summed E-state index contributed by atoms with van der Waals surface area (Å²) in [7, 11) is 0. The summed E-state index contributed by atoms with van der Waals surface area (Å²) in [6.07, 6.45) is 1.73. The molecule has 8 heteroatoms. The molecule has 1 aromatic heterocycles. The van der Waals surface area contributed by atoms with Gasteiger partial charge in [-0.1, -0.05) is 48.5 Å². The number of nitro groups is 1. The molecule has 0 saturated carbocycles. The number of nitro benzene ring substituents is 1. The average molecular weight is 484 g/mol. The van der Waals surface area contributed by atoms with Crippen LogP contribution < -0.4 is 0 Å². The number of para-hydroxylation sites is 1. The van der Waals surface area contributed by atoms with Crippen molar-refractivity contribution in [1.29, 1.82) is 0 Å². The fraction of sp³-hybridized carbons (Fsp3) is 0.111. The van der Waals surface area contributed by atoms with E-state index in [1.807, 2.05) is 32.0 Å². The third kappa shape index (κ3) is 4.13. The van der Waals surface area contributed by atoms with Gasteiger partial charge in [0.05, 0.1) is 16.4 Å². The Balaban J connectivity index is 1.46. The van der Waals surface area contributed by atoms with Crippen LogP contribution in [0.5, 0.6) is 0 Å². The van der Waals surface area contributed by atoms with Crippen molar-refractivity contribution in [2.24, 2.45) is 0 Å². The zero-order valence-corrected chi connectivity index (χ0v) is 19.9. The van der Waals surface area contributed by atoms with Crippen LogP contribution in [0.15, 0.2) is 77.7 Å². The Morgan fingerprint density at radius 3 is 2.43 bits per heavy atom. The molecule has 1 aliphatic heterocycles. The van der Waals surface area contributed by atoms with Crippen LogP contribution in [0.3, 0.4) is 0 Å². The Bertz CT molecular complexity index is 1550. The monoisotopic (exact) mass is 483 g/mol. The molecule has 7 nitrogen and oxygen atoms in total. The van der Waals surface area contributed by atoms with Gasteiger partial charge in [0.15, 0.2) is 0 Å². The standard InChI is InChI=1S/C27H21N3O4S/c1-17-13-22(18(2)29(17)23-12-11-19-7-3-4-8-20(19)14-23)15-25-26(31)28(27(32)35-25)16-21-9-5-6-10-24(21)30(33)34/h3-15H,16H2,1-2H3/b25-15-. The smallest absolute Gasteiger partial charge is 0.293 e. The molecule has 1 saturated heterocycles. The van der Waals surface area contributed by atoms with E-state index in [9.17, 15) is 19.7 Å². The van der Waals surface area contributed by atoms with Gasteiger partial charge in [0.1, 0.15) is 0 Å². The lowest BCUT2D eigenvalue weighted by Crippen LogP contribution is -2.27. The maximum absolute atomic E-state index is 13.1. The van der Waals surface area contributed by atoms with E-state index in [0.717, 1.165) is 50.1 Å². The molecule has 0 radical (unpaired) electrons. The van der Waals surface area contributed by atoms with E-state index in [4.69, 9.17) is 0 Å². The fourth-order valence-electron chi connectivity index (χ4n) is 4.42. The zero-order chi connectivity index (χ0) is 24.7. The van der Waals surface area contributed by atoms with Crippen LogP contribution >= 0.6 is 11.8 Å². The van der Waals surface area contributed by atoms with Gasteiger partial charge in [-0.15, -0.1) is 0 Å². The maximum atomic E-state index is 13.1. The second kappa shape index (κ2) is 8.88. The number of aromatic nitrogens is 1. The van der Waals surface area contributed by atoms with Crippen LogP contribution in [0.2, 0.25) is 0 Å². The van der Waals surface area contributed by atoms with Gasteiger partial charge in [0.25, 0.3) is 16.8 Å². The number of hydrogen-bond acceptors (Lipinski definition) is 5. The van der Waals surface area contributed by atoms with Crippen molar-refractivity contribution in [2.75, 3.05) is 0 Å². The molecule has 1 aliphatic rings. The maximum Gasteiger partial charge on any atom is 0.293 e. The van der Waals surface area contributed by atoms with Crippen molar-refractivity contribution in [2.45, 2.75) is 20.4 Å². The summed E-state index contributed by atoms with van der Waals surface area (Å²) in [6, 6.07) is 22.5. The Labute approximate surface area is 205 Å². The molecule has 0 atom stereocenters. The first-order valence-electron chi connectivity index (χ1n) is 11.0. The molecule has 0 unspecified atom stereocenters. The molecule has 0 N–H and O–H groups in total. The van der Waals surface area contributed by atoms with Crippen LogP contribution in [0, 0.1) is 24.0 Å². The second-order valence-electron chi connectivity index (χ2n) is 8.35. The first-order valence-corrected chi connectivity index (χ1v) is 11.8. The largest absolute Gasteiger partial charge is 0.318 e.